The van der Waals surface area contributed by atoms with E-state index in [2.05, 4.69) is 15.9 Å². The fourth-order valence-electron chi connectivity index (χ4n) is 2.26. The first kappa shape index (κ1) is 14.8. The van der Waals surface area contributed by atoms with E-state index in [1.54, 1.807) is 18.2 Å². The molecule has 1 aromatic carbocycles. The molecule has 0 spiro atoms. The lowest BCUT2D eigenvalue weighted by Crippen LogP contribution is -2.12. The van der Waals surface area contributed by atoms with Crippen LogP contribution in [0.4, 0.5) is 5.69 Å². The second-order valence-corrected chi connectivity index (χ2v) is 7.77. The number of halogens is 1. The summed E-state index contributed by atoms with van der Waals surface area (Å²) in [5, 5.41) is 0. The molecule has 106 valence electrons. The lowest BCUT2D eigenvalue weighted by atomic mass is 10.1. The van der Waals surface area contributed by atoms with E-state index in [0.29, 0.717) is 12.1 Å². The van der Waals surface area contributed by atoms with Gasteiger partial charge in [-0.3, -0.25) is 0 Å². The van der Waals surface area contributed by atoms with Crippen molar-refractivity contribution >= 4 is 31.5 Å². The number of nitrogen functional groups attached to an aromatic ring is 1. The predicted molar refractivity (Wildman–Crippen MR) is 78.8 cm³/mol. The molecule has 0 bridgehead atoms. The number of benzene rings is 1. The van der Waals surface area contributed by atoms with Gasteiger partial charge in [0.1, 0.15) is 0 Å². The summed E-state index contributed by atoms with van der Waals surface area (Å²) >= 11 is 3.27. The molecule has 4 nitrogen and oxygen atoms in total. The van der Waals surface area contributed by atoms with Crippen molar-refractivity contribution in [3.63, 3.8) is 0 Å². The molecule has 1 aliphatic heterocycles. The molecule has 1 unspecified atom stereocenters. The monoisotopic (exact) mass is 347 g/mol. The summed E-state index contributed by atoms with van der Waals surface area (Å²) in [5.41, 5.74) is 6.05. The second-order valence-electron chi connectivity index (χ2n) is 4.78. The van der Waals surface area contributed by atoms with E-state index in [1.165, 1.54) is 0 Å². The summed E-state index contributed by atoms with van der Waals surface area (Å²) in [6.07, 6.45) is 3.76. The summed E-state index contributed by atoms with van der Waals surface area (Å²) < 4.78 is 30.7. The first-order valence-electron chi connectivity index (χ1n) is 6.38. The number of rotatable bonds is 5. The molecule has 0 aliphatic carbocycles. The zero-order valence-corrected chi connectivity index (χ0v) is 13.0. The fourth-order valence-corrected chi connectivity index (χ4v) is 4.27. The van der Waals surface area contributed by atoms with Crippen LogP contribution in [0, 0.1) is 0 Å². The van der Waals surface area contributed by atoms with Crippen molar-refractivity contribution in [2.75, 3.05) is 18.1 Å². The highest BCUT2D eigenvalue weighted by Crippen LogP contribution is 2.25. The van der Waals surface area contributed by atoms with Gasteiger partial charge in [0, 0.05) is 11.1 Å². The summed E-state index contributed by atoms with van der Waals surface area (Å²) in [4.78, 5) is 0.217. The third kappa shape index (κ3) is 3.94. The molecule has 1 heterocycles. The van der Waals surface area contributed by atoms with Gasteiger partial charge in [0.2, 0.25) is 0 Å². The zero-order valence-electron chi connectivity index (χ0n) is 10.6. The summed E-state index contributed by atoms with van der Waals surface area (Å²) in [5.74, 6) is 0.119. The Hall–Kier alpha value is -0.590. The van der Waals surface area contributed by atoms with Crippen LogP contribution in [0.2, 0.25) is 0 Å². The minimum Gasteiger partial charge on any atom is -0.398 e. The molecule has 0 saturated carbocycles. The van der Waals surface area contributed by atoms with Crippen molar-refractivity contribution in [2.24, 2.45) is 0 Å². The average molecular weight is 348 g/mol. The molecule has 2 N–H and O–H groups in total. The molecule has 0 radical (unpaired) electrons. The topological polar surface area (TPSA) is 69.4 Å². The van der Waals surface area contributed by atoms with E-state index in [1.807, 2.05) is 0 Å². The van der Waals surface area contributed by atoms with Gasteiger partial charge >= 0.3 is 0 Å². The largest absolute Gasteiger partial charge is 0.398 e. The fraction of sp³-hybridized carbons (Fsp3) is 0.538. The lowest BCUT2D eigenvalue weighted by molar-refractivity contribution is 0.104. The predicted octanol–water partition coefficient (Wildman–Crippen LogP) is 2.76. The molecule has 1 saturated heterocycles. The first-order chi connectivity index (χ1) is 8.99. The minimum absolute atomic E-state index is 0.119. The number of anilines is 1. The molecule has 0 amide bonds. The number of hydrogen-bond donors (Lipinski definition) is 1. The third-order valence-electron chi connectivity index (χ3n) is 3.27. The smallest absolute Gasteiger partial charge is 0.180 e. The van der Waals surface area contributed by atoms with Gasteiger partial charge in [0.05, 0.1) is 22.4 Å². The van der Waals surface area contributed by atoms with E-state index < -0.39 is 9.84 Å². The molecule has 2 rings (SSSR count). The Kier molecular flexibility index (Phi) is 4.86. The van der Waals surface area contributed by atoms with Gasteiger partial charge in [-0.15, -0.1) is 0 Å². The van der Waals surface area contributed by atoms with Crippen molar-refractivity contribution in [3.8, 4) is 0 Å². The summed E-state index contributed by atoms with van der Waals surface area (Å²) in [6.45, 7) is 0.802. The number of nitrogens with two attached hydrogens (primary N) is 1. The maximum absolute atomic E-state index is 12.2. The lowest BCUT2D eigenvalue weighted by Gasteiger charge is -2.10. The van der Waals surface area contributed by atoms with Crippen molar-refractivity contribution in [3.05, 3.63) is 22.7 Å². The van der Waals surface area contributed by atoms with Crippen LogP contribution in [0.1, 0.15) is 25.7 Å². The molecule has 1 aliphatic rings. The standard InChI is InChI=1S/C13H18BrNO3S/c14-10-5-6-12(15)13(9-10)19(16,17)8-2-4-11-3-1-7-18-11/h5-6,9,11H,1-4,7-8,15H2. The number of sulfone groups is 1. The Morgan fingerprint density at radius 2 is 2.21 bits per heavy atom. The minimum atomic E-state index is -3.32. The maximum atomic E-state index is 12.2. The Morgan fingerprint density at radius 3 is 2.89 bits per heavy atom. The molecular weight excluding hydrogens is 330 g/mol. The Labute approximate surface area is 122 Å². The van der Waals surface area contributed by atoms with E-state index in [9.17, 15) is 8.42 Å². The molecule has 1 aromatic rings. The highest BCUT2D eigenvalue weighted by Gasteiger charge is 2.20. The van der Waals surface area contributed by atoms with Crippen molar-refractivity contribution < 1.29 is 13.2 Å². The number of ether oxygens (including phenoxy) is 1. The molecule has 6 heteroatoms. The van der Waals surface area contributed by atoms with Crippen LogP contribution in [0.15, 0.2) is 27.6 Å². The van der Waals surface area contributed by atoms with Gasteiger partial charge in [0.25, 0.3) is 0 Å². The van der Waals surface area contributed by atoms with Crippen LogP contribution in [0.3, 0.4) is 0 Å². The SMILES string of the molecule is Nc1ccc(Br)cc1S(=O)(=O)CCCC1CCCO1. The van der Waals surface area contributed by atoms with Crippen LogP contribution in [0.25, 0.3) is 0 Å². The van der Waals surface area contributed by atoms with E-state index in [0.717, 1.165) is 30.3 Å². The molecule has 19 heavy (non-hydrogen) atoms. The molecular formula is C13H18BrNO3S. The van der Waals surface area contributed by atoms with Crippen LogP contribution < -0.4 is 5.73 Å². The molecule has 1 fully saturated rings. The normalized spacial score (nSPS) is 19.7. The van der Waals surface area contributed by atoms with Gasteiger partial charge in [-0.05, 0) is 43.9 Å². The van der Waals surface area contributed by atoms with Crippen LogP contribution >= 0.6 is 15.9 Å². The second kappa shape index (κ2) is 6.24. The first-order valence-corrected chi connectivity index (χ1v) is 8.83. The number of hydrogen-bond acceptors (Lipinski definition) is 4. The van der Waals surface area contributed by atoms with Gasteiger partial charge < -0.3 is 10.5 Å². The highest BCUT2D eigenvalue weighted by atomic mass is 79.9. The van der Waals surface area contributed by atoms with Gasteiger partial charge in [-0.2, -0.15) is 0 Å². The van der Waals surface area contributed by atoms with Crippen LogP contribution in [0.5, 0.6) is 0 Å². The Morgan fingerprint density at radius 1 is 1.42 bits per heavy atom. The third-order valence-corrected chi connectivity index (χ3v) is 5.62. The van der Waals surface area contributed by atoms with Gasteiger partial charge in [-0.25, -0.2) is 8.42 Å². The summed E-state index contributed by atoms with van der Waals surface area (Å²) in [6, 6.07) is 4.91. The van der Waals surface area contributed by atoms with Gasteiger partial charge in [0.15, 0.2) is 9.84 Å². The Bertz CT molecular complexity index is 539. The van der Waals surface area contributed by atoms with Crippen molar-refractivity contribution in [1.82, 2.24) is 0 Å². The van der Waals surface area contributed by atoms with E-state index in [-0.39, 0.29) is 16.8 Å². The maximum Gasteiger partial charge on any atom is 0.180 e. The van der Waals surface area contributed by atoms with E-state index in [4.69, 9.17) is 10.5 Å². The highest BCUT2D eigenvalue weighted by molar-refractivity contribution is 9.10. The van der Waals surface area contributed by atoms with Crippen LogP contribution in [-0.4, -0.2) is 26.9 Å². The van der Waals surface area contributed by atoms with Gasteiger partial charge in [-0.1, -0.05) is 15.9 Å². The van der Waals surface area contributed by atoms with Crippen LogP contribution in [-0.2, 0) is 14.6 Å². The zero-order chi connectivity index (χ0) is 13.9. The Balaban J connectivity index is 1.99. The molecule has 1 atom stereocenters. The average Bonchev–Trinajstić information content (AvgIpc) is 2.85. The quantitative estimate of drug-likeness (QED) is 0.831. The van der Waals surface area contributed by atoms with Crippen molar-refractivity contribution in [2.45, 2.75) is 36.7 Å². The molecule has 0 aromatic heterocycles. The van der Waals surface area contributed by atoms with E-state index >= 15 is 0 Å². The summed E-state index contributed by atoms with van der Waals surface area (Å²) in [7, 11) is -3.32. The van der Waals surface area contributed by atoms with Crippen molar-refractivity contribution in [1.29, 1.82) is 0 Å².